The maximum Gasteiger partial charge on any atom is 0.242 e. The molecule has 10 heteroatoms. The van der Waals surface area contributed by atoms with E-state index in [0.29, 0.717) is 30.2 Å². The summed E-state index contributed by atoms with van der Waals surface area (Å²) < 4.78 is 34.5. The van der Waals surface area contributed by atoms with E-state index in [2.05, 4.69) is 25.5 Å². The molecule has 2 saturated heterocycles. The Morgan fingerprint density at radius 3 is 2.69 bits per heavy atom. The second-order valence-corrected chi connectivity index (χ2v) is 9.03. The molecule has 2 aliphatic heterocycles. The topological polar surface area (TPSA) is 82.6 Å². The van der Waals surface area contributed by atoms with Crippen molar-refractivity contribution < 1.29 is 18.3 Å². The number of nitrogens with one attached hydrogen (secondary N) is 2. The van der Waals surface area contributed by atoms with Gasteiger partial charge in [0, 0.05) is 30.8 Å². The summed E-state index contributed by atoms with van der Waals surface area (Å²) in [5, 5.41) is 6.30. The minimum absolute atomic E-state index is 0.114. The van der Waals surface area contributed by atoms with Crippen LogP contribution in [0.3, 0.4) is 0 Å². The molecule has 2 fully saturated rings. The highest BCUT2D eigenvalue weighted by molar-refractivity contribution is 6.01. The summed E-state index contributed by atoms with van der Waals surface area (Å²) in [5.74, 6) is -1.38. The number of morpholine rings is 1. The zero-order chi connectivity index (χ0) is 24.5. The van der Waals surface area contributed by atoms with E-state index in [1.807, 2.05) is 18.0 Å². The number of likely N-dealkylation sites (N-methyl/N-ethyl adjacent to an activating group) is 1. The molecule has 2 aliphatic rings. The normalized spacial score (nSPS) is 18.7. The van der Waals surface area contributed by atoms with Gasteiger partial charge >= 0.3 is 0 Å². The Kier molecular flexibility index (Phi) is 6.48. The molecule has 1 amide bonds. The summed E-state index contributed by atoms with van der Waals surface area (Å²) in [6.07, 6.45) is 5.11. The first-order valence-electron chi connectivity index (χ1n) is 11.8. The largest absolute Gasteiger partial charge is 0.378 e. The van der Waals surface area contributed by atoms with Gasteiger partial charge in [0.2, 0.25) is 5.91 Å². The molecule has 0 saturated carbocycles. The van der Waals surface area contributed by atoms with Crippen molar-refractivity contribution in [1.82, 2.24) is 14.9 Å². The molecular weight excluding hydrogens is 454 g/mol. The van der Waals surface area contributed by atoms with E-state index >= 15 is 0 Å². The number of carbonyl (C=O) groups is 1. The Labute approximate surface area is 202 Å². The second kappa shape index (κ2) is 9.71. The highest BCUT2D eigenvalue weighted by Gasteiger charge is 2.29. The number of amides is 1. The van der Waals surface area contributed by atoms with Crippen LogP contribution in [0.15, 0.2) is 30.6 Å². The number of aromatic nitrogens is 2. The summed E-state index contributed by atoms with van der Waals surface area (Å²) in [6.45, 7) is 5.39. The molecule has 35 heavy (non-hydrogen) atoms. The van der Waals surface area contributed by atoms with Crippen molar-refractivity contribution in [2.45, 2.75) is 25.8 Å². The Morgan fingerprint density at radius 1 is 1.14 bits per heavy atom. The average Bonchev–Trinajstić information content (AvgIpc) is 3.28. The maximum atomic E-state index is 15.0. The monoisotopic (exact) mass is 482 g/mol. The van der Waals surface area contributed by atoms with Gasteiger partial charge in [-0.15, -0.1) is 0 Å². The van der Waals surface area contributed by atoms with Crippen molar-refractivity contribution in [3.63, 3.8) is 0 Å². The molecule has 0 radical (unpaired) electrons. The van der Waals surface area contributed by atoms with Gasteiger partial charge in [-0.05, 0) is 39.4 Å². The van der Waals surface area contributed by atoms with Crippen LogP contribution in [0.5, 0.6) is 0 Å². The fourth-order valence-corrected chi connectivity index (χ4v) is 4.76. The van der Waals surface area contributed by atoms with E-state index in [0.717, 1.165) is 44.2 Å². The van der Waals surface area contributed by atoms with Crippen molar-refractivity contribution >= 4 is 39.7 Å². The molecule has 3 aromatic rings. The van der Waals surface area contributed by atoms with Gasteiger partial charge in [0.05, 0.1) is 59.6 Å². The fraction of sp³-hybridized carbons (Fsp3) is 0.400. The van der Waals surface area contributed by atoms with Crippen LogP contribution in [0.1, 0.15) is 18.4 Å². The number of carbonyl (C=O) groups excluding carboxylic acids is 1. The smallest absolute Gasteiger partial charge is 0.242 e. The Bertz CT molecular complexity index is 1260. The third-order valence-electron chi connectivity index (χ3n) is 6.68. The number of benzene rings is 1. The minimum atomic E-state index is -0.735. The van der Waals surface area contributed by atoms with Crippen molar-refractivity contribution in [2.24, 2.45) is 0 Å². The minimum Gasteiger partial charge on any atom is -0.378 e. The van der Waals surface area contributed by atoms with Crippen LogP contribution in [0, 0.1) is 18.6 Å². The number of hydrogen-bond acceptors (Lipinski definition) is 7. The van der Waals surface area contributed by atoms with Gasteiger partial charge in [-0.25, -0.2) is 13.8 Å². The standard InChI is InChI=1S/C25H28F2N6O2/c1-15-23(29-17-12-18(14-28-13-17)33-6-8-35-9-7-33)22-19(27)10-16(26)11-20(22)30-24(15)31-25(34)21-4-3-5-32(21)2/h10-14,21H,3-9H2,1-2H3,(H2,29,30,31,34)/t21-/m1/s1. The average molecular weight is 483 g/mol. The fourth-order valence-electron chi connectivity index (χ4n) is 4.76. The van der Waals surface area contributed by atoms with Gasteiger partial charge in [0.15, 0.2) is 0 Å². The summed E-state index contributed by atoms with van der Waals surface area (Å²) >= 11 is 0. The van der Waals surface area contributed by atoms with Gasteiger partial charge in [0.25, 0.3) is 0 Å². The molecule has 0 spiro atoms. The molecule has 1 atom stereocenters. The Hall–Kier alpha value is -3.37. The summed E-state index contributed by atoms with van der Waals surface area (Å²) in [5.41, 5.74) is 2.63. The molecule has 2 N–H and O–H groups in total. The lowest BCUT2D eigenvalue weighted by Crippen LogP contribution is -2.37. The van der Waals surface area contributed by atoms with E-state index < -0.39 is 11.6 Å². The predicted molar refractivity (Wildman–Crippen MR) is 131 cm³/mol. The number of nitrogens with zero attached hydrogens (tertiary/aromatic N) is 4. The quantitative estimate of drug-likeness (QED) is 0.572. The van der Waals surface area contributed by atoms with Gasteiger partial charge in [0.1, 0.15) is 17.5 Å². The van der Waals surface area contributed by atoms with E-state index in [1.54, 1.807) is 19.3 Å². The molecule has 184 valence electrons. The lowest BCUT2D eigenvalue weighted by atomic mass is 10.1. The SMILES string of the molecule is Cc1c(NC(=O)[C@H]2CCCN2C)nc2cc(F)cc(F)c2c1Nc1cncc(N2CCOCC2)c1. The van der Waals surface area contributed by atoms with Crippen LogP contribution in [0.4, 0.5) is 31.7 Å². The van der Waals surface area contributed by atoms with Crippen LogP contribution in [-0.4, -0.2) is 66.7 Å². The predicted octanol–water partition coefficient (Wildman–Crippen LogP) is 3.83. The first-order chi connectivity index (χ1) is 16.9. The van der Waals surface area contributed by atoms with Gasteiger partial charge in [-0.3, -0.25) is 14.7 Å². The highest BCUT2D eigenvalue weighted by atomic mass is 19.1. The van der Waals surface area contributed by atoms with Crippen molar-refractivity contribution in [2.75, 3.05) is 55.4 Å². The third-order valence-corrected chi connectivity index (χ3v) is 6.68. The first kappa shape index (κ1) is 23.4. The van der Waals surface area contributed by atoms with Crippen LogP contribution < -0.4 is 15.5 Å². The molecule has 0 aliphatic carbocycles. The zero-order valence-electron chi connectivity index (χ0n) is 19.8. The number of hydrogen-bond donors (Lipinski definition) is 2. The van der Waals surface area contributed by atoms with Crippen molar-refractivity contribution in [3.05, 3.63) is 47.8 Å². The van der Waals surface area contributed by atoms with E-state index in [-0.39, 0.29) is 28.7 Å². The van der Waals surface area contributed by atoms with Crippen LogP contribution >= 0.6 is 0 Å². The van der Waals surface area contributed by atoms with Crippen molar-refractivity contribution in [3.8, 4) is 0 Å². The number of rotatable bonds is 5. The molecule has 4 heterocycles. The number of anilines is 4. The summed E-state index contributed by atoms with van der Waals surface area (Å²) in [7, 11) is 1.91. The summed E-state index contributed by atoms with van der Waals surface area (Å²) in [6, 6.07) is 3.67. The lowest BCUT2D eigenvalue weighted by molar-refractivity contribution is -0.119. The Balaban J connectivity index is 1.53. The van der Waals surface area contributed by atoms with E-state index in [4.69, 9.17) is 4.74 Å². The van der Waals surface area contributed by atoms with E-state index in [9.17, 15) is 13.6 Å². The van der Waals surface area contributed by atoms with Crippen LogP contribution in [0.25, 0.3) is 10.9 Å². The van der Waals surface area contributed by atoms with Gasteiger partial charge in [-0.1, -0.05) is 0 Å². The van der Waals surface area contributed by atoms with Crippen LogP contribution in [0.2, 0.25) is 0 Å². The second-order valence-electron chi connectivity index (χ2n) is 9.03. The van der Waals surface area contributed by atoms with E-state index in [1.165, 1.54) is 6.07 Å². The molecule has 2 aromatic heterocycles. The van der Waals surface area contributed by atoms with Crippen molar-refractivity contribution in [1.29, 1.82) is 0 Å². The Morgan fingerprint density at radius 2 is 1.94 bits per heavy atom. The number of halogens is 2. The summed E-state index contributed by atoms with van der Waals surface area (Å²) in [4.78, 5) is 25.9. The first-order valence-corrected chi connectivity index (χ1v) is 11.8. The molecule has 0 unspecified atom stereocenters. The number of ether oxygens (including phenoxy) is 1. The number of pyridine rings is 2. The third kappa shape index (κ3) is 4.76. The maximum absolute atomic E-state index is 15.0. The highest BCUT2D eigenvalue weighted by Crippen LogP contribution is 2.36. The molecule has 0 bridgehead atoms. The lowest BCUT2D eigenvalue weighted by Gasteiger charge is -2.28. The van der Waals surface area contributed by atoms with Crippen LogP contribution in [-0.2, 0) is 9.53 Å². The zero-order valence-corrected chi connectivity index (χ0v) is 19.8. The number of fused-ring (bicyclic) bond motifs is 1. The van der Waals surface area contributed by atoms with Gasteiger partial charge < -0.3 is 20.3 Å². The molecule has 1 aromatic carbocycles. The molecular formula is C25H28F2N6O2. The van der Waals surface area contributed by atoms with Gasteiger partial charge in [-0.2, -0.15) is 0 Å². The number of likely N-dealkylation sites (tertiary alicyclic amines) is 1. The molecule has 5 rings (SSSR count). The molecule has 8 nitrogen and oxygen atoms in total.